The molecule has 106 valence electrons. The highest BCUT2D eigenvalue weighted by Gasteiger charge is 2.08. The number of rotatable bonds is 8. The summed E-state index contributed by atoms with van der Waals surface area (Å²) in [5.41, 5.74) is 1.56. The average Bonchev–Trinajstić information content (AvgIpc) is 2.45. The molecule has 0 amide bonds. The van der Waals surface area contributed by atoms with Gasteiger partial charge in [-0.05, 0) is 37.1 Å². The summed E-state index contributed by atoms with van der Waals surface area (Å²) < 4.78 is 10.2. The fourth-order valence-electron chi connectivity index (χ4n) is 1.68. The van der Waals surface area contributed by atoms with Crippen LogP contribution in [0.2, 0.25) is 0 Å². The van der Waals surface area contributed by atoms with Gasteiger partial charge in [-0.3, -0.25) is 0 Å². The molecule has 1 aromatic rings. The lowest BCUT2D eigenvalue weighted by Gasteiger charge is -2.17. The van der Waals surface area contributed by atoms with Crippen LogP contribution in [0.25, 0.3) is 0 Å². The van der Waals surface area contributed by atoms with Gasteiger partial charge in [0.25, 0.3) is 0 Å². The standard InChI is InChI=1S/C15H23NO3/c1-4-10-19-15(17)12-6-8-14(9-7-12)16-13(5-2)11-18-3/h6-9,13,16H,4-5,10-11H2,1-3H3. The molecule has 1 atom stereocenters. The van der Waals surface area contributed by atoms with E-state index in [0.29, 0.717) is 18.8 Å². The maximum Gasteiger partial charge on any atom is 0.338 e. The first kappa shape index (κ1) is 15.5. The Morgan fingerprint density at radius 2 is 1.95 bits per heavy atom. The monoisotopic (exact) mass is 265 g/mol. The van der Waals surface area contributed by atoms with Crippen LogP contribution in [0.5, 0.6) is 0 Å². The van der Waals surface area contributed by atoms with Crippen LogP contribution in [0.15, 0.2) is 24.3 Å². The SMILES string of the molecule is CCCOC(=O)c1ccc(NC(CC)COC)cc1. The number of carbonyl (C=O) groups excluding carboxylic acids is 1. The lowest BCUT2D eigenvalue weighted by Crippen LogP contribution is -2.23. The lowest BCUT2D eigenvalue weighted by molar-refractivity contribution is 0.0505. The van der Waals surface area contributed by atoms with Crippen LogP contribution < -0.4 is 5.32 Å². The molecule has 0 aliphatic rings. The molecule has 0 saturated heterocycles. The summed E-state index contributed by atoms with van der Waals surface area (Å²) in [5, 5.41) is 3.36. The van der Waals surface area contributed by atoms with Crippen LogP contribution in [-0.2, 0) is 9.47 Å². The van der Waals surface area contributed by atoms with Crippen molar-refractivity contribution in [1.29, 1.82) is 0 Å². The third kappa shape index (κ3) is 5.30. The largest absolute Gasteiger partial charge is 0.462 e. The van der Waals surface area contributed by atoms with Gasteiger partial charge in [-0.15, -0.1) is 0 Å². The van der Waals surface area contributed by atoms with Crippen molar-refractivity contribution in [1.82, 2.24) is 0 Å². The predicted octanol–water partition coefficient (Wildman–Crippen LogP) is 3.09. The summed E-state index contributed by atoms with van der Waals surface area (Å²) in [5.74, 6) is -0.266. The third-order valence-electron chi connectivity index (χ3n) is 2.79. The van der Waals surface area contributed by atoms with E-state index in [9.17, 15) is 4.79 Å². The first-order valence-corrected chi connectivity index (χ1v) is 6.73. The van der Waals surface area contributed by atoms with Crippen molar-refractivity contribution >= 4 is 11.7 Å². The normalized spacial score (nSPS) is 11.9. The van der Waals surface area contributed by atoms with Crippen molar-refractivity contribution in [3.8, 4) is 0 Å². The number of methoxy groups -OCH3 is 1. The Balaban J connectivity index is 2.57. The smallest absolute Gasteiger partial charge is 0.338 e. The van der Waals surface area contributed by atoms with Crippen LogP contribution in [0.4, 0.5) is 5.69 Å². The zero-order chi connectivity index (χ0) is 14.1. The Morgan fingerprint density at radius 3 is 2.47 bits per heavy atom. The molecule has 1 aromatic carbocycles. The van der Waals surface area contributed by atoms with E-state index in [2.05, 4.69) is 12.2 Å². The molecule has 4 heteroatoms. The van der Waals surface area contributed by atoms with Gasteiger partial charge in [0.1, 0.15) is 0 Å². The zero-order valence-corrected chi connectivity index (χ0v) is 11.9. The molecule has 0 aliphatic carbocycles. The second-order valence-electron chi connectivity index (χ2n) is 4.42. The molecule has 0 saturated carbocycles. The topological polar surface area (TPSA) is 47.6 Å². The molecular weight excluding hydrogens is 242 g/mol. The maximum atomic E-state index is 11.6. The Morgan fingerprint density at radius 1 is 1.26 bits per heavy atom. The van der Waals surface area contributed by atoms with Gasteiger partial charge in [0, 0.05) is 18.8 Å². The summed E-state index contributed by atoms with van der Waals surface area (Å²) in [7, 11) is 1.69. The first-order valence-electron chi connectivity index (χ1n) is 6.73. The van der Waals surface area contributed by atoms with Crippen molar-refractivity contribution in [2.75, 3.05) is 25.6 Å². The van der Waals surface area contributed by atoms with E-state index in [1.807, 2.05) is 19.1 Å². The molecule has 0 spiro atoms. The van der Waals surface area contributed by atoms with E-state index in [1.165, 1.54) is 0 Å². The second-order valence-corrected chi connectivity index (χ2v) is 4.42. The fraction of sp³-hybridized carbons (Fsp3) is 0.533. The fourth-order valence-corrected chi connectivity index (χ4v) is 1.68. The van der Waals surface area contributed by atoms with E-state index in [-0.39, 0.29) is 12.0 Å². The zero-order valence-electron chi connectivity index (χ0n) is 11.9. The molecule has 0 aliphatic heterocycles. The number of carbonyl (C=O) groups is 1. The number of hydrogen-bond acceptors (Lipinski definition) is 4. The van der Waals surface area contributed by atoms with Crippen molar-refractivity contribution in [3.05, 3.63) is 29.8 Å². The van der Waals surface area contributed by atoms with Gasteiger partial charge in [-0.25, -0.2) is 4.79 Å². The van der Waals surface area contributed by atoms with E-state index in [1.54, 1.807) is 19.2 Å². The summed E-state index contributed by atoms with van der Waals surface area (Å²) in [6, 6.07) is 7.62. The molecule has 0 aromatic heterocycles. The number of anilines is 1. The Bertz CT molecular complexity index is 375. The van der Waals surface area contributed by atoms with Gasteiger partial charge in [0.05, 0.1) is 18.8 Å². The highest BCUT2D eigenvalue weighted by Crippen LogP contribution is 2.13. The molecule has 0 bridgehead atoms. The van der Waals surface area contributed by atoms with E-state index >= 15 is 0 Å². The summed E-state index contributed by atoms with van der Waals surface area (Å²) in [6.07, 6.45) is 1.81. The van der Waals surface area contributed by atoms with Gasteiger partial charge >= 0.3 is 5.97 Å². The minimum absolute atomic E-state index is 0.266. The van der Waals surface area contributed by atoms with Crippen molar-refractivity contribution in [2.45, 2.75) is 32.7 Å². The van der Waals surface area contributed by atoms with E-state index in [0.717, 1.165) is 18.5 Å². The van der Waals surface area contributed by atoms with E-state index < -0.39 is 0 Å². The molecule has 1 unspecified atom stereocenters. The van der Waals surface area contributed by atoms with Gasteiger partial charge < -0.3 is 14.8 Å². The number of ether oxygens (including phenoxy) is 2. The third-order valence-corrected chi connectivity index (χ3v) is 2.79. The van der Waals surface area contributed by atoms with Crippen LogP contribution in [-0.4, -0.2) is 32.3 Å². The highest BCUT2D eigenvalue weighted by molar-refractivity contribution is 5.89. The highest BCUT2D eigenvalue weighted by atomic mass is 16.5. The van der Waals surface area contributed by atoms with Crippen molar-refractivity contribution in [2.24, 2.45) is 0 Å². The summed E-state index contributed by atoms with van der Waals surface area (Å²) in [6.45, 7) is 5.20. The minimum Gasteiger partial charge on any atom is -0.462 e. The molecule has 4 nitrogen and oxygen atoms in total. The molecule has 0 radical (unpaired) electrons. The first-order chi connectivity index (χ1) is 9.21. The van der Waals surface area contributed by atoms with Gasteiger partial charge in [-0.1, -0.05) is 13.8 Å². The Labute approximate surface area is 115 Å². The Kier molecular flexibility index (Phi) is 6.97. The number of benzene rings is 1. The predicted molar refractivity (Wildman–Crippen MR) is 76.6 cm³/mol. The lowest BCUT2D eigenvalue weighted by atomic mass is 10.2. The average molecular weight is 265 g/mol. The van der Waals surface area contributed by atoms with Crippen LogP contribution in [0, 0.1) is 0 Å². The number of esters is 1. The second kappa shape index (κ2) is 8.53. The molecule has 0 heterocycles. The maximum absolute atomic E-state index is 11.6. The number of hydrogen-bond donors (Lipinski definition) is 1. The molecule has 1 rings (SSSR count). The van der Waals surface area contributed by atoms with Crippen LogP contribution >= 0.6 is 0 Å². The molecular formula is C15H23NO3. The van der Waals surface area contributed by atoms with Crippen molar-refractivity contribution < 1.29 is 14.3 Å². The summed E-state index contributed by atoms with van der Waals surface area (Å²) >= 11 is 0. The summed E-state index contributed by atoms with van der Waals surface area (Å²) in [4.78, 5) is 11.6. The molecule has 0 fully saturated rings. The van der Waals surface area contributed by atoms with E-state index in [4.69, 9.17) is 9.47 Å². The molecule has 1 N–H and O–H groups in total. The van der Waals surface area contributed by atoms with Gasteiger partial charge in [0.15, 0.2) is 0 Å². The number of nitrogens with one attached hydrogen (secondary N) is 1. The minimum atomic E-state index is -0.266. The van der Waals surface area contributed by atoms with Crippen molar-refractivity contribution in [3.63, 3.8) is 0 Å². The quantitative estimate of drug-likeness (QED) is 0.734. The Hall–Kier alpha value is -1.55. The van der Waals surface area contributed by atoms with Crippen LogP contribution in [0.3, 0.4) is 0 Å². The molecule has 19 heavy (non-hydrogen) atoms. The van der Waals surface area contributed by atoms with Gasteiger partial charge in [0.2, 0.25) is 0 Å². The van der Waals surface area contributed by atoms with Crippen LogP contribution in [0.1, 0.15) is 37.0 Å². The van der Waals surface area contributed by atoms with Gasteiger partial charge in [-0.2, -0.15) is 0 Å².